The maximum atomic E-state index is 13.9. The van der Waals surface area contributed by atoms with Crippen LogP contribution in [0.1, 0.15) is 35.7 Å². The van der Waals surface area contributed by atoms with E-state index in [0.717, 1.165) is 25.1 Å². The normalized spacial score (nSPS) is 18.9. The minimum atomic E-state index is -4.46. The maximum absolute atomic E-state index is 13.9. The van der Waals surface area contributed by atoms with E-state index in [4.69, 9.17) is 0 Å². The van der Waals surface area contributed by atoms with Gasteiger partial charge in [0, 0.05) is 25.4 Å². The third kappa shape index (κ3) is 4.96. The van der Waals surface area contributed by atoms with Crippen molar-refractivity contribution in [3.05, 3.63) is 65.9 Å². The predicted molar refractivity (Wildman–Crippen MR) is 112 cm³/mol. The summed E-state index contributed by atoms with van der Waals surface area (Å²) >= 11 is 0. The standard InChI is InChI=1S/C22H22F4N6O/c1-14-3-2-10-31(19(14)13-28-20-7-4-15(12-27-20)22(24,25)26)21(33)17-6-5-16(23)11-18(17)32-29-8-9-30-32/h4-9,11-12,14,19H,2-3,10,13H2,1H3,(H,27,28). The van der Waals surface area contributed by atoms with Crippen LogP contribution in [0.25, 0.3) is 5.69 Å². The first-order valence-electron chi connectivity index (χ1n) is 10.5. The van der Waals surface area contributed by atoms with Gasteiger partial charge in [0.2, 0.25) is 0 Å². The molecule has 1 fully saturated rings. The summed E-state index contributed by atoms with van der Waals surface area (Å²) < 4.78 is 52.2. The number of alkyl halides is 3. The van der Waals surface area contributed by atoms with Gasteiger partial charge in [0.1, 0.15) is 17.3 Å². The van der Waals surface area contributed by atoms with Crippen LogP contribution in [-0.2, 0) is 6.18 Å². The van der Waals surface area contributed by atoms with Gasteiger partial charge in [-0.25, -0.2) is 9.37 Å². The number of hydrogen-bond donors (Lipinski definition) is 1. The van der Waals surface area contributed by atoms with Crippen LogP contribution in [0.3, 0.4) is 0 Å². The SMILES string of the molecule is CC1CCCN(C(=O)c2ccc(F)cc2-n2nccn2)C1CNc1ccc(C(F)(F)F)cn1. The molecule has 0 bridgehead atoms. The molecule has 11 heteroatoms. The molecule has 0 spiro atoms. The number of rotatable bonds is 5. The fourth-order valence-corrected chi connectivity index (χ4v) is 4.03. The number of amides is 1. The molecule has 33 heavy (non-hydrogen) atoms. The lowest BCUT2D eigenvalue weighted by Gasteiger charge is -2.40. The molecule has 2 unspecified atom stereocenters. The average molecular weight is 462 g/mol. The van der Waals surface area contributed by atoms with E-state index in [9.17, 15) is 22.4 Å². The summed E-state index contributed by atoms with van der Waals surface area (Å²) in [6.45, 7) is 2.83. The average Bonchev–Trinajstić information content (AvgIpc) is 3.32. The number of carbonyl (C=O) groups is 1. The van der Waals surface area contributed by atoms with E-state index in [-0.39, 0.29) is 34.9 Å². The van der Waals surface area contributed by atoms with Crippen LogP contribution in [-0.4, -0.2) is 49.9 Å². The van der Waals surface area contributed by atoms with Gasteiger partial charge < -0.3 is 10.2 Å². The van der Waals surface area contributed by atoms with Crippen molar-refractivity contribution in [1.82, 2.24) is 24.9 Å². The second-order valence-corrected chi connectivity index (χ2v) is 7.98. The van der Waals surface area contributed by atoms with Gasteiger partial charge in [-0.3, -0.25) is 4.79 Å². The Kier molecular flexibility index (Phi) is 6.30. The van der Waals surface area contributed by atoms with Crippen molar-refractivity contribution in [3.63, 3.8) is 0 Å². The first-order chi connectivity index (χ1) is 15.7. The van der Waals surface area contributed by atoms with Crippen LogP contribution < -0.4 is 5.32 Å². The first kappa shape index (κ1) is 22.7. The number of likely N-dealkylation sites (tertiary alicyclic amines) is 1. The summed E-state index contributed by atoms with van der Waals surface area (Å²) in [5.41, 5.74) is -0.328. The largest absolute Gasteiger partial charge is 0.417 e. The molecule has 1 aliphatic heterocycles. The molecule has 174 valence electrons. The number of hydrogen-bond acceptors (Lipinski definition) is 5. The minimum Gasteiger partial charge on any atom is -0.368 e. The molecule has 2 atom stereocenters. The molecule has 0 aliphatic carbocycles. The van der Waals surface area contributed by atoms with Crippen molar-refractivity contribution in [3.8, 4) is 5.69 Å². The number of carbonyl (C=O) groups excluding carboxylic acids is 1. The summed E-state index contributed by atoms with van der Waals surface area (Å²) in [7, 11) is 0. The van der Waals surface area contributed by atoms with Gasteiger partial charge in [0.25, 0.3) is 5.91 Å². The number of aromatic nitrogens is 4. The van der Waals surface area contributed by atoms with Crippen molar-refractivity contribution in [2.75, 3.05) is 18.4 Å². The van der Waals surface area contributed by atoms with Crippen LogP contribution in [0.2, 0.25) is 0 Å². The maximum Gasteiger partial charge on any atom is 0.417 e. The molecule has 0 radical (unpaired) electrons. The zero-order valence-corrected chi connectivity index (χ0v) is 17.8. The lowest BCUT2D eigenvalue weighted by Crippen LogP contribution is -2.51. The Balaban J connectivity index is 1.55. The van der Waals surface area contributed by atoms with Gasteiger partial charge in [-0.1, -0.05) is 6.92 Å². The Morgan fingerprint density at radius 2 is 1.94 bits per heavy atom. The summed E-state index contributed by atoms with van der Waals surface area (Å²) in [5.74, 6) is -0.383. The molecule has 3 aromatic rings. The van der Waals surface area contributed by atoms with Crippen LogP contribution in [0, 0.1) is 11.7 Å². The van der Waals surface area contributed by atoms with E-state index < -0.39 is 17.6 Å². The summed E-state index contributed by atoms with van der Waals surface area (Å²) in [4.78, 5) is 20.3. The van der Waals surface area contributed by atoms with Crippen LogP contribution in [0.4, 0.5) is 23.4 Å². The smallest absolute Gasteiger partial charge is 0.368 e. The predicted octanol–water partition coefficient (Wildman–Crippen LogP) is 4.17. The van der Waals surface area contributed by atoms with Crippen LogP contribution >= 0.6 is 0 Å². The number of piperidine rings is 1. The highest BCUT2D eigenvalue weighted by molar-refractivity contribution is 5.98. The van der Waals surface area contributed by atoms with Crippen molar-refractivity contribution in [2.24, 2.45) is 5.92 Å². The van der Waals surface area contributed by atoms with E-state index in [1.54, 1.807) is 4.90 Å². The van der Waals surface area contributed by atoms with E-state index in [1.165, 1.54) is 41.5 Å². The number of nitrogens with one attached hydrogen (secondary N) is 1. The molecule has 1 saturated heterocycles. The Morgan fingerprint density at radius 1 is 1.18 bits per heavy atom. The van der Waals surface area contributed by atoms with Gasteiger partial charge in [-0.15, -0.1) is 0 Å². The topological polar surface area (TPSA) is 75.9 Å². The molecule has 1 aromatic carbocycles. The molecule has 2 aromatic heterocycles. The van der Waals surface area contributed by atoms with Gasteiger partial charge in [-0.05, 0) is 43.0 Å². The Bertz CT molecular complexity index is 1100. The van der Waals surface area contributed by atoms with E-state index >= 15 is 0 Å². The van der Waals surface area contributed by atoms with Gasteiger partial charge in [0.15, 0.2) is 0 Å². The summed E-state index contributed by atoms with van der Waals surface area (Å²) in [6, 6.07) is 5.83. The fourth-order valence-electron chi connectivity index (χ4n) is 4.03. The van der Waals surface area contributed by atoms with Crippen LogP contribution in [0.5, 0.6) is 0 Å². The Labute approximate surface area is 187 Å². The number of pyridine rings is 1. The molecule has 1 N–H and O–H groups in total. The highest BCUT2D eigenvalue weighted by Gasteiger charge is 2.34. The van der Waals surface area contributed by atoms with Gasteiger partial charge in [0.05, 0.1) is 29.6 Å². The van der Waals surface area contributed by atoms with Crippen molar-refractivity contribution >= 4 is 11.7 Å². The number of benzene rings is 1. The Morgan fingerprint density at radius 3 is 2.61 bits per heavy atom. The third-order valence-electron chi connectivity index (χ3n) is 5.78. The number of anilines is 1. The fraction of sp³-hybridized carbons (Fsp3) is 0.364. The van der Waals surface area contributed by atoms with Gasteiger partial charge in [-0.2, -0.15) is 28.2 Å². The lowest BCUT2D eigenvalue weighted by molar-refractivity contribution is -0.137. The van der Waals surface area contributed by atoms with E-state index in [2.05, 4.69) is 20.5 Å². The molecular weight excluding hydrogens is 440 g/mol. The summed E-state index contributed by atoms with van der Waals surface area (Å²) in [6.07, 6.45) is 0.893. The number of nitrogens with zero attached hydrogens (tertiary/aromatic N) is 5. The van der Waals surface area contributed by atoms with Crippen molar-refractivity contribution in [1.29, 1.82) is 0 Å². The van der Waals surface area contributed by atoms with E-state index in [1.807, 2.05) is 6.92 Å². The van der Waals surface area contributed by atoms with Crippen molar-refractivity contribution < 1.29 is 22.4 Å². The zero-order valence-electron chi connectivity index (χ0n) is 17.8. The minimum absolute atomic E-state index is 0.136. The quantitative estimate of drug-likeness (QED) is 0.576. The zero-order chi connectivity index (χ0) is 23.6. The second kappa shape index (κ2) is 9.16. The van der Waals surface area contributed by atoms with E-state index in [0.29, 0.717) is 13.1 Å². The molecule has 4 rings (SSSR count). The molecule has 7 nitrogen and oxygen atoms in total. The molecule has 0 saturated carbocycles. The highest BCUT2D eigenvalue weighted by atomic mass is 19.4. The third-order valence-corrected chi connectivity index (χ3v) is 5.78. The first-order valence-corrected chi connectivity index (χ1v) is 10.5. The second-order valence-electron chi connectivity index (χ2n) is 7.98. The monoisotopic (exact) mass is 462 g/mol. The molecule has 1 aliphatic rings. The molecular formula is C22H22F4N6O. The molecule has 3 heterocycles. The van der Waals surface area contributed by atoms with Gasteiger partial charge >= 0.3 is 6.18 Å². The highest BCUT2D eigenvalue weighted by Crippen LogP contribution is 2.30. The van der Waals surface area contributed by atoms with Crippen LogP contribution in [0.15, 0.2) is 48.9 Å². The van der Waals surface area contributed by atoms with Crippen molar-refractivity contribution in [2.45, 2.75) is 32.0 Å². The number of halogens is 4. The lowest BCUT2D eigenvalue weighted by atomic mass is 9.90. The summed E-state index contributed by atoms with van der Waals surface area (Å²) in [5, 5.41) is 11.1. The Hall–Kier alpha value is -3.50. The molecule has 1 amide bonds.